The summed E-state index contributed by atoms with van der Waals surface area (Å²) in [7, 11) is -2.60. The van der Waals surface area contributed by atoms with Crippen LogP contribution in [0.1, 0.15) is 52.9 Å². The summed E-state index contributed by atoms with van der Waals surface area (Å²) in [6.07, 6.45) is -2.58. The fourth-order valence-corrected chi connectivity index (χ4v) is 10.2. The summed E-state index contributed by atoms with van der Waals surface area (Å²) in [5, 5.41) is 13.5. The van der Waals surface area contributed by atoms with Gasteiger partial charge in [-0.3, -0.25) is 19.1 Å². The van der Waals surface area contributed by atoms with Gasteiger partial charge in [0.25, 0.3) is 5.91 Å². The fraction of sp³-hybridized carbons (Fsp3) is 0.429. The Morgan fingerprint density at radius 1 is 1.05 bits per heavy atom. The Bertz CT molecular complexity index is 2680. The molecular weight excluding hydrogens is 904 g/mol. The number of carbonyl (C=O) groups is 3. The Kier molecular flexibility index (Phi) is 12.1. The van der Waals surface area contributed by atoms with Gasteiger partial charge in [0.2, 0.25) is 34.1 Å². The number of methoxy groups -OCH3 is 1. The van der Waals surface area contributed by atoms with Crippen molar-refractivity contribution in [3.05, 3.63) is 70.2 Å². The number of thiazole rings is 1. The molecule has 0 unspecified atom stereocenters. The van der Waals surface area contributed by atoms with Gasteiger partial charge in [0.1, 0.15) is 40.9 Å². The molecule has 334 valence electrons. The average Bonchev–Trinajstić information content (AvgIpc) is 3.99. The summed E-state index contributed by atoms with van der Waals surface area (Å²) in [5.74, 6) is -2.52. The van der Waals surface area contributed by atoms with E-state index in [0.29, 0.717) is 61.7 Å². The molecule has 5 atom stereocenters. The molecule has 3 amide bonds. The topological polar surface area (TPSA) is 195 Å². The first kappa shape index (κ1) is 44.5. The number of ether oxygens (including phenoxy) is 2. The van der Waals surface area contributed by atoms with Crippen LogP contribution in [0.15, 0.2) is 64.6 Å². The van der Waals surface area contributed by atoms with Crippen LogP contribution in [0.2, 0.25) is 10.0 Å². The van der Waals surface area contributed by atoms with Gasteiger partial charge in [0, 0.05) is 50.7 Å². The van der Waals surface area contributed by atoms with Crippen molar-refractivity contribution in [1.29, 1.82) is 0 Å². The van der Waals surface area contributed by atoms with Crippen LogP contribution in [0.3, 0.4) is 0 Å². The molecule has 2 aromatic carbocycles. The number of amides is 3. The number of halogens is 4. The largest absolute Gasteiger partial charge is 0.494 e. The smallest absolute Gasteiger partial charge is 0.259 e. The monoisotopic (exact) mass is 945 g/mol. The Morgan fingerprint density at radius 3 is 2.46 bits per heavy atom. The van der Waals surface area contributed by atoms with E-state index in [9.17, 15) is 31.6 Å². The van der Waals surface area contributed by atoms with Crippen LogP contribution in [-0.2, 0) is 24.4 Å². The second kappa shape index (κ2) is 17.1. The number of anilines is 1. The summed E-state index contributed by atoms with van der Waals surface area (Å²) in [6, 6.07) is 11.6. The summed E-state index contributed by atoms with van der Waals surface area (Å²) >= 11 is 13.6. The maximum atomic E-state index is 15.0. The lowest BCUT2D eigenvalue weighted by atomic mass is 9.85. The first-order valence-corrected chi connectivity index (χ1v) is 23.2. The summed E-state index contributed by atoms with van der Waals surface area (Å²) < 4.78 is 72.7. The molecule has 3 N–H and O–H groups in total. The maximum absolute atomic E-state index is 15.0. The zero-order chi connectivity index (χ0) is 45.0. The normalized spacial score (nSPS) is 21.6. The van der Waals surface area contributed by atoms with E-state index in [1.54, 1.807) is 41.8 Å². The molecule has 3 aromatic heterocycles. The molecular formula is C42H43Cl2F2N7O8S2. The molecule has 2 saturated carbocycles. The van der Waals surface area contributed by atoms with Crippen molar-refractivity contribution in [2.75, 3.05) is 19.0 Å². The highest BCUT2D eigenvalue weighted by molar-refractivity contribution is 7.91. The van der Waals surface area contributed by atoms with Crippen molar-refractivity contribution in [2.45, 2.75) is 88.3 Å². The van der Waals surface area contributed by atoms with Crippen molar-refractivity contribution >= 4 is 78.2 Å². The standard InChI is InChI=1S/C42H43Cl2F2N7O8S2/c1-41(2,3)35(49-40-48-30(20-62-40)32-16-29(51-61-32)21-5-7-23(43)8-6-21)38(55)53-19-25(60-37-28-14-24(44)9-12-27(28)33(59-4)18-47-37)15-31(53)36(54)50-42(17-22(42)13-34(45)46)39(56)52-63(57,58)26-10-11-26/h5-9,12,14,16,18,20,22,25-26,31,34-35H,10-11,13,15,17,19H2,1-4H3,(H,48,49)(H,50,54)(H,52,56)/t22-,25-,31+,35-,42-/m1/s1. The van der Waals surface area contributed by atoms with Crippen LogP contribution in [0.5, 0.6) is 11.6 Å². The van der Waals surface area contributed by atoms with Crippen LogP contribution in [0.4, 0.5) is 13.9 Å². The maximum Gasteiger partial charge on any atom is 0.259 e. The minimum atomic E-state index is -4.09. The molecule has 3 fully saturated rings. The Morgan fingerprint density at radius 2 is 1.78 bits per heavy atom. The number of hydrogen-bond acceptors (Lipinski definition) is 13. The number of alkyl halides is 2. The highest BCUT2D eigenvalue weighted by atomic mass is 35.5. The number of benzene rings is 2. The number of nitrogens with zero attached hydrogens (tertiary/aromatic N) is 4. The van der Waals surface area contributed by atoms with Crippen LogP contribution in [0.25, 0.3) is 33.5 Å². The van der Waals surface area contributed by atoms with Gasteiger partial charge in [-0.25, -0.2) is 27.2 Å². The zero-order valence-electron chi connectivity index (χ0n) is 34.4. The molecule has 0 bridgehead atoms. The number of fused-ring (bicyclic) bond motifs is 1. The quantitative estimate of drug-likeness (QED) is 0.0947. The predicted molar refractivity (Wildman–Crippen MR) is 232 cm³/mol. The number of hydrogen-bond donors (Lipinski definition) is 3. The number of likely N-dealkylation sites (tertiary alicyclic amines) is 1. The third-order valence-corrected chi connectivity index (χ3v) is 14.5. The van der Waals surface area contributed by atoms with Gasteiger partial charge in [-0.2, -0.15) is 0 Å². The lowest BCUT2D eigenvalue weighted by molar-refractivity contribution is -0.141. The van der Waals surface area contributed by atoms with E-state index in [1.165, 1.54) is 29.5 Å². The fourth-order valence-electron chi connectivity index (χ4n) is 7.80. The third kappa shape index (κ3) is 9.42. The van der Waals surface area contributed by atoms with Crippen LogP contribution >= 0.6 is 34.5 Å². The van der Waals surface area contributed by atoms with E-state index in [4.69, 9.17) is 37.2 Å². The number of aromatic nitrogens is 3. The summed E-state index contributed by atoms with van der Waals surface area (Å²) in [5.41, 5.74) is -0.928. The number of nitrogens with one attached hydrogen (secondary N) is 3. The lowest BCUT2D eigenvalue weighted by Gasteiger charge is -2.35. The van der Waals surface area contributed by atoms with Crippen LogP contribution in [0, 0.1) is 11.3 Å². The van der Waals surface area contributed by atoms with E-state index in [0.717, 1.165) is 5.56 Å². The van der Waals surface area contributed by atoms with E-state index < -0.39 is 80.9 Å². The van der Waals surface area contributed by atoms with Crippen molar-refractivity contribution in [2.24, 2.45) is 11.3 Å². The second-order valence-electron chi connectivity index (χ2n) is 17.0. The molecule has 8 rings (SSSR count). The second-order valence-corrected chi connectivity index (χ2v) is 20.7. The molecule has 1 saturated heterocycles. The molecule has 21 heteroatoms. The number of pyridine rings is 1. The van der Waals surface area contributed by atoms with Crippen LogP contribution < -0.4 is 24.8 Å². The van der Waals surface area contributed by atoms with Crippen molar-refractivity contribution in [3.8, 4) is 34.3 Å². The number of rotatable bonds is 15. The molecule has 4 heterocycles. The van der Waals surface area contributed by atoms with E-state index >= 15 is 0 Å². The van der Waals surface area contributed by atoms with Crippen LogP contribution in [-0.4, -0.2) is 95.2 Å². The molecule has 0 radical (unpaired) electrons. The molecule has 5 aromatic rings. The Hall–Kier alpha value is -5.11. The van der Waals surface area contributed by atoms with Gasteiger partial charge in [-0.05, 0) is 60.9 Å². The van der Waals surface area contributed by atoms with Gasteiger partial charge in [-0.1, -0.05) is 61.3 Å². The van der Waals surface area contributed by atoms with E-state index in [-0.39, 0.29) is 25.3 Å². The molecule has 3 aliphatic rings. The highest BCUT2D eigenvalue weighted by Gasteiger charge is 2.63. The minimum absolute atomic E-state index is 0.107. The summed E-state index contributed by atoms with van der Waals surface area (Å²) in [4.78, 5) is 53.6. The lowest BCUT2D eigenvalue weighted by Crippen LogP contribution is -2.58. The number of carbonyl (C=O) groups excluding carboxylic acids is 3. The zero-order valence-corrected chi connectivity index (χ0v) is 37.5. The summed E-state index contributed by atoms with van der Waals surface area (Å²) in [6.45, 7) is 5.37. The predicted octanol–water partition coefficient (Wildman–Crippen LogP) is 7.34. The van der Waals surface area contributed by atoms with Crippen molar-refractivity contribution < 1.29 is 45.6 Å². The SMILES string of the molecule is COc1cnc(O[C@@H]2C[C@@H](C(=O)N[C@]3(C(=O)NS(=O)(=O)C4CC4)C[C@H]3CC(F)F)N(C(=O)[C@@H](Nc3nc(-c4cc(-c5ccc(Cl)cc5)no4)cs3)C(C)(C)C)C2)c2cc(Cl)ccc12. The molecule has 1 aliphatic heterocycles. The van der Waals surface area contributed by atoms with Gasteiger partial charge < -0.3 is 29.5 Å². The highest BCUT2D eigenvalue weighted by Crippen LogP contribution is 2.48. The van der Waals surface area contributed by atoms with E-state index in [1.807, 2.05) is 37.6 Å². The molecule has 63 heavy (non-hydrogen) atoms. The Balaban J connectivity index is 1.08. The van der Waals surface area contributed by atoms with Crippen molar-refractivity contribution in [1.82, 2.24) is 30.1 Å². The Labute approximate surface area is 375 Å². The first-order chi connectivity index (χ1) is 29.8. The molecule has 15 nitrogen and oxygen atoms in total. The number of sulfonamides is 1. The van der Waals surface area contributed by atoms with Gasteiger partial charge in [-0.15, -0.1) is 11.3 Å². The van der Waals surface area contributed by atoms with Gasteiger partial charge in [0.15, 0.2) is 10.9 Å². The van der Waals surface area contributed by atoms with E-state index in [2.05, 4.69) is 25.8 Å². The molecule has 0 spiro atoms. The molecule has 2 aliphatic carbocycles. The van der Waals surface area contributed by atoms with Gasteiger partial charge in [0.05, 0.1) is 25.1 Å². The van der Waals surface area contributed by atoms with Crippen molar-refractivity contribution in [3.63, 3.8) is 0 Å². The average molecular weight is 947 g/mol. The first-order valence-electron chi connectivity index (χ1n) is 20.1. The third-order valence-electron chi connectivity index (χ3n) is 11.4. The van der Waals surface area contributed by atoms with Gasteiger partial charge >= 0.3 is 0 Å². The minimum Gasteiger partial charge on any atom is -0.494 e.